The molecule has 0 fully saturated rings. The van der Waals surface area contributed by atoms with E-state index >= 15 is 0 Å². The van der Waals surface area contributed by atoms with E-state index in [1.165, 1.54) is 5.56 Å². The number of hydrogen-bond donors (Lipinski definition) is 1. The predicted molar refractivity (Wildman–Crippen MR) is 55.5 cm³/mol. The average Bonchev–Trinajstić information content (AvgIpc) is 2.19. The summed E-state index contributed by atoms with van der Waals surface area (Å²) in [7, 11) is 0. The fourth-order valence-corrected chi connectivity index (χ4v) is 1.37. The lowest BCUT2D eigenvalue weighted by atomic mass is 10.1. The van der Waals surface area contributed by atoms with Crippen LogP contribution in [0.15, 0.2) is 24.5 Å². The van der Waals surface area contributed by atoms with E-state index in [2.05, 4.69) is 23.3 Å². The summed E-state index contributed by atoms with van der Waals surface area (Å²) < 4.78 is 0. The zero-order valence-electron chi connectivity index (χ0n) is 8.57. The molecule has 0 bridgehead atoms. The molecule has 0 aliphatic heterocycles. The van der Waals surface area contributed by atoms with Crippen LogP contribution in [0.5, 0.6) is 0 Å². The van der Waals surface area contributed by atoms with Crippen LogP contribution < -0.4 is 5.32 Å². The normalized spacial score (nSPS) is 14.4. The maximum absolute atomic E-state index is 8.52. The standard InChI is InChI=1S/C11H15N3/c1-9(3-6-12)14-10(2)11-4-7-13-8-5-11/h4-5,7-10,14H,3H2,1-2H3/t9?,10-/m1/s1. The molecule has 1 aromatic heterocycles. The Bertz CT molecular complexity index is 302. The summed E-state index contributed by atoms with van der Waals surface area (Å²) in [5, 5.41) is 11.9. The minimum Gasteiger partial charge on any atom is -0.307 e. The monoisotopic (exact) mass is 189 g/mol. The second-order valence-electron chi connectivity index (χ2n) is 3.43. The molecule has 0 amide bonds. The average molecular weight is 189 g/mol. The van der Waals surface area contributed by atoms with Crippen LogP contribution in [0.25, 0.3) is 0 Å². The topological polar surface area (TPSA) is 48.7 Å². The third-order valence-corrected chi connectivity index (χ3v) is 2.14. The molecular formula is C11H15N3. The lowest BCUT2D eigenvalue weighted by Gasteiger charge is -2.17. The third kappa shape index (κ3) is 3.15. The van der Waals surface area contributed by atoms with E-state index < -0.39 is 0 Å². The van der Waals surface area contributed by atoms with Gasteiger partial charge in [0, 0.05) is 24.5 Å². The van der Waals surface area contributed by atoms with Crippen molar-refractivity contribution in [2.75, 3.05) is 0 Å². The molecule has 74 valence electrons. The van der Waals surface area contributed by atoms with Gasteiger partial charge in [-0.15, -0.1) is 0 Å². The number of aromatic nitrogens is 1. The molecular weight excluding hydrogens is 174 g/mol. The molecule has 2 atom stereocenters. The minimum absolute atomic E-state index is 0.225. The van der Waals surface area contributed by atoms with Gasteiger partial charge in [-0.1, -0.05) is 0 Å². The predicted octanol–water partition coefficient (Wildman–Crippen LogP) is 2.03. The molecule has 0 aliphatic carbocycles. The quantitative estimate of drug-likeness (QED) is 0.788. The van der Waals surface area contributed by atoms with Gasteiger partial charge in [-0.2, -0.15) is 5.26 Å². The van der Waals surface area contributed by atoms with E-state index in [1.54, 1.807) is 12.4 Å². The van der Waals surface area contributed by atoms with Gasteiger partial charge in [0.1, 0.15) is 0 Å². The van der Waals surface area contributed by atoms with Gasteiger partial charge in [0.25, 0.3) is 0 Å². The van der Waals surface area contributed by atoms with Crippen molar-refractivity contribution in [1.82, 2.24) is 10.3 Å². The van der Waals surface area contributed by atoms with Crippen molar-refractivity contribution >= 4 is 0 Å². The molecule has 0 radical (unpaired) electrons. The number of pyridine rings is 1. The summed E-state index contributed by atoms with van der Waals surface area (Å²) in [5.41, 5.74) is 1.20. The first-order valence-corrected chi connectivity index (χ1v) is 4.77. The molecule has 0 aliphatic rings. The largest absolute Gasteiger partial charge is 0.307 e. The fourth-order valence-electron chi connectivity index (χ4n) is 1.37. The molecule has 1 aromatic rings. The highest BCUT2D eigenvalue weighted by Gasteiger charge is 2.08. The molecule has 1 unspecified atom stereocenters. The van der Waals surface area contributed by atoms with Crippen molar-refractivity contribution in [1.29, 1.82) is 5.26 Å². The van der Waals surface area contributed by atoms with E-state index in [9.17, 15) is 0 Å². The molecule has 1 rings (SSSR count). The molecule has 1 N–H and O–H groups in total. The highest BCUT2D eigenvalue weighted by atomic mass is 14.9. The van der Waals surface area contributed by atoms with Crippen molar-refractivity contribution in [3.63, 3.8) is 0 Å². The van der Waals surface area contributed by atoms with Crippen molar-refractivity contribution in [2.24, 2.45) is 0 Å². The maximum atomic E-state index is 8.52. The summed E-state index contributed by atoms with van der Waals surface area (Å²) in [6, 6.07) is 6.61. The zero-order valence-corrected chi connectivity index (χ0v) is 8.57. The third-order valence-electron chi connectivity index (χ3n) is 2.14. The van der Waals surface area contributed by atoms with Gasteiger partial charge in [0.05, 0.1) is 12.5 Å². The van der Waals surface area contributed by atoms with Gasteiger partial charge in [0.15, 0.2) is 0 Å². The fraction of sp³-hybridized carbons (Fsp3) is 0.455. The Balaban J connectivity index is 2.51. The minimum atomic E-state index is 0.225. The maximum Gasteiger partial charge on any atom is 0.0638 e. The highest BCUT2D eigenvalue weighted by Crippen LogP contribution is 2.11. The molecule has 3 nitrogen and oxygen atoms in total. The first-order valence-electron chi connectivity index (χ1n) is 4.77. The van der Waals surface area contributed by atoms with Crippen LogP contribution in [0.3, 0.4) is 0 Å². The van der Waals surface area contributed by atoms with E-state index in [1.807, 2.05) is 19.1 Å². The van der Waals surface area contributed by atoms with Crippen LogP contribution in [0.2, 0.25) is 0 Å². The molecule has 0 saturated carbocycles. The Morgan fingerprint density at radius 3 is 2.64 bits per heavy atom. The lowest BCUT2D eigenvalue weighted by Crippen LogP contribution is -2.28. The van der Waals surface area contributed by atoms with Crippen LogP contribution in [0.4, 0.5) is 0 Å². The van der Waals surface area contributed by atoms with Crippen LogP contribution in [0, 0.1) is 11.3 Å². The van der Waals surface area contributed by atoms with E-state index in [4.69, 9.17) is 5.26 Å². The molecule has 14 heavy (non-hydrogen) atoms. The second kappa shape index (κ2) is 5.36. The van der Waals surface area contributed by atoms with Gasteiger partial charge in [-0.05, 0) is 31.5 Å². The van der Waals surface area contributed by atoms with Gasteiger partial charge in [-0.3, -0.25) is 4.98 Å². The Hall–Kier alpha value is -1.40. The molecule has 3 heteroatoms. The van der Waals surface area contributed by atoms with Crippen molar-refractivity contribution in [3.05, 3.63) is 30.1 Å². The number of nitriles is 1. The Morgan fingerprint density at radius 1 is 1.43 bits per heavy atom. The van der Waals surface area contributed by atoms with Gasteiger partial charge in [-0.25, -0.2) is 0 Å². The zero-order chi connectivity index (χ0) is 10.4. The van der Waals surface area contributed by atoms with Crippen LogP contribution in [0.1, 0.15) is 31.9 Å². The Morgan fingerprint density at radius 2 is 2.07 bits per heavy atom. The smallest absolute Gasteiger partial charge is 0.0638 e. The van der Waals surface area contributed by atoms with E-state index in [0.29, 0.717) is 6.42 Å². The summed E-state index contributed by atoms with van der Waals surface area (Å²) in [5.74, 6) is 0. The second-order valence-corrected chi connectivity index (χ2v) is 3.43. The molecule has 1 heterocycles. The first-order chi connectivity index (χ1) is 6.74. The molecule has 0 saturated heterocycles. The summed E-state index contributed by atoms with van der Waals surface area (Å²) >= 11 is 0. The number of hydrogen-bond acceptors (Lipinski definition) is 3. The van der Waals surface area contributed by atoms with Crippen molar-refractivity contribution in [2.45, 2.75) is 32.4 Å². The number of nitrogens with one attached hydrogen (secondary N) is 1. The van der Waals surface area contributed by atoms with Crippen LogP contribution in [-0.4, -0.2) is 11.0 Å². The number of rotatable bonds is 4. The van der Waals surface area contributed by atoms with Crippen molar-refractivity contribution in [3.8, 4) is 6.07 Å². The summed E-state index contributed by atoms with van der Waals surface area (Å²) in [6.07, 6.45) is 4.10. The van der Waals surface area contributed by atoms with Crippen LogP contribution >= 0.6 is 0 Å². The SMILES string of the molecule is CC(CC#N)N[C@H](C)c1ccncc1. The van der Waals surface area contributed by atoms with E-state index in [-0.39, 0.29) is 12.1 Å². The number of nitrogens with zero attached hydrogens (tertiary/aromatic N) is 2. The molecule has 0 spiro atoms. The molecule has 0 aromatic carbocycles. The van der Waals surface area contributed by atoms with Gasteiger partial charge in [0.2, 0.25) is 0 Å². The lowest BCUT2D eigenvalue weighted by molar-refractivity contribution is 0.485. The van der Waals surface area contributed by atoms with E-state index in [0.717, 1.165) is 0 Å². The first kappa shape index (κ1) is 10.7. The van der Waals surface area contributed by atoms with Crippen molar-refractivity contribution < 1.29 is 0 Å². The van der Waals surface area contributed by atoms with Gasteiger partial charge < -0.3 is 5.32 Å². The summed E-state index contributed by atoms with van der Waals surface area (Å²) in [4.78, 5) is 3.96. The highest BCUT2D eigenvalue weighted by molar-refractivity contribution is 5.14. The Kier molecular flexibility index (Phi) is 4.09. The van der Waals surface area contributed by atoms with Gasteiger partial charge >= 0.3 is 0 Å². The van der Waals surface area contributed by atoms with Crippen LogP contribution in [-0.2, 0) is 0 Å². The Labute approximate surface area is 84.8 Å². The summed E-state index contributed by atoms with van der Waals surface area (Å²) in [6.45, 7) is 4.10.